The number of nitrogen functional groups attached to an aromatic ring is 1. The molecule has 1 aromatic carbocycles. The second-order valence-corrected chi connectivity index (χ2v) is 8.77. The van der Waals surface area contributed by atoms with Crippen molar-refractivity contribution in [2.45, 2.75) is 58.1 Å². The maximum atomic E-state index is 14.1. The van der Waals surface area contributed by atoms with Crippen molar-refractivity contribution in [3.8, 4) is 0 Å². The lowest BCUT2D eigenvalue weighted by molar-refractivity contribution is -0.161. The third-order valence-corrected chi connectivity index (χ3v) is 5.58. The summed E-state index contributed by atoms with van der Waals surface area (Å²) in [5, 5.41) is 0. The van der Waals surface area contributed by atoms with Gasteiger partial charge in [-0.15, -0.1) is 0 Å². The molecule has 1 aliphatic heterocycles. The molecule has 1 saturated heterocycles. The van der Waals surface area contributed by atoms with Crippen molar-refractivity contribution < 1.29 is 13.9 Å². The van der Waals surface area contributed by atoms with Gasteiger partial charge in [0.1, 0.15) is 11.4 Å². The standard InChI is InChI=1S/C21H32FN3O2/c1-21(2,3)27-20(26)15-4-7-17(8-5-15)24-10-12-25(13-11-24)19-9-6-16(23)14-18(19)22/h6,9,14-15,17H,4-5,7-8,10-13,23H2,1-3H3/t15-,17-. The van der Waals surface area contributed by atoms with Gasteiger partial charge < -0.3 is 15.4 Å². The summed E-state index contributed by atoms with van der Waals surface area (Å²) in [7, 11) is 0. The van der Waals surface area contributed by atoms with Gasteiger partial charge in [-0.2, -0.15) is 0 Å². The zero-order valence-electron chi connectivity index (χ0n) is 16.7. The Bertz CT molecular complexity index is 658. The molecule has 0 atom stereocenters. The fourth-order valence-corrected chi connectivity index (χ4v) is 4.17. The third kappa shape index (κ3) is 5.12. The van der Waals surface area contributed by atoms with Gasteiger partial charge in [0.05, 0.1) is 11.6 Å². The van der Waals surface area contributed by atoms with Crippen LogP contribution in [0.1, 0.15) is 46.5 Å². The van der Waals surface area contributed by atoms with Gasteiger partial charge >= 0.3 is 5.97 Å². The molecule has 27 heavy (non-hydrogen) atoms. The van der Waals surface area contributed by atoms with E-state index in [-0.39, 0.29) is 17.7 Å². The van der Waals surface area contributed by atoms with Gasteiger partial charge in [0.2, 0.25) is 0 Å². The Kier molecular flexibility index (Phi) is 5.94. The topological polar surface area (TPSA) is 58.8 Å². The van der Waals surface area contributed by atoms with E-state index in [0.29, 0.717) is 17.4 Å². The van der Waals surface area contributed by atoms with Crippen LogP contribution in [0.4, 0.5) is 15.8 Å². The quantitative estimate of drug-likeness (QED) is 0.646. The number of ether oxygens (including phenoxy) is 1. The predicted octanol–water partition coefficient (Wildman–Crippen LogP) is 3.43. The number of nitrogens with two attached hydrogens (primary N) is 1. The molecule has 0 spiro atoms. The summed E-state index contributed by atoms with van der Waals surface area (Å²) in [5.41, 5.74) is 6.32. The Morgan fingerprint density at radius 3 is 2.30 bits per heavy atom. The molecule has 1 heterocycles. The number of carbonyl (C=O) groups excluding carboxylic acids is 1. The fraction of sp³-hybridized carbons (Fsp3) is 0.667. The smallest absolute Gasteiger partial charge is 0.309 e. The Hall–Kier alpha value is -1.82. The van der Waals surface area contributed by atoms with E-state index in [1.165, 1.54) is 6.07 Å². The molecule has 2 fully saturated rings. The average molecular weight is 378 g/mol. The molecule has 5 nitrogen and oxygen atoms in total. The van der Waals surface area contributed by atoms with Gasteiger partial charge in [0.15, 0.2) is 0 Å². The highest BCUT2D eigenvalue weighted by atomic mass is 19.1. The maximum absolute atomic E-state index is 14.1. The lowest BCUT2D eigenvalue weighted by atomic mass is 9.85. The number of rotatable bonds is 3. The van der Waals surface area contributed by atoms with Gasteiger partial charge in [-0.05, 0) is 64.7 Å². The Morgan fingerprint density at radius 2 is 1.74 bits per heavy atom. The molecule has 3 rings (SSSR count). The Balaban J connectivity index is 1.48. The summed E-state index contributed by atoms with van der Waals surface area (Å²) in [5.74, 6) is -0.267. The number of carbonyl (C=O) groups is 1. The summed E-state index contributed by atoms with van der Waals surface area (Å²) in [6.07, 6.45) is 3.85. The zero-order chi connectivity index (χ0) is 19.6. The second kappa shape index (κ2) is 8.05. The number of hydrogen-bond acceptors (Lipinski definition) is 5. The van der Waals surface area contributed by atoms with Crippen LogP contribution in [0, 0.1) is 11.7 Å². The van der Waals surface area contributed by atoms with E-state index >= 15 is 0 Å². The number of halogens is 1. The first kappa shape index (κ1) is 19.9. The summed E-state index contributed by atoms with van der Waals surface area (Å²) < 4.78 is 19.7. The normalized spacial score (nSPS) is 24.7. The lowest BCUT2D eigenvalue weighted by Crippen LogP contribution is -2.51. The fourth-order valence-electron chi connectivity index (χ4n) is 4.17. The maximum Gasteiger partial charge on any atom is 0.309 e. The van der Waals surface area contributed by atoms with E-state index in [1.54, 1.807) is 12.1 Å². The molecule has 0 bridgehead atoms. The highest BCUT2D eigenvalue weighted by Gasteiger charge is 2.33. The van der Waals surface area contributed by atoms with Crippen LogP contribution in [0.2, 0.25) is 0 Å². The minimum atomic E-state index is -0.415. The first-order chi connectivity index (χ1) is 12.7. The molecule has 2 N–H and O–H groups in total. The van der Waals surface area contributed by atoms with Crippen LogP contribution in [0.15, 0.2) is 18.2 Å². The van der Waals surface area contributed by atoms with E-state index in [0.717, 1.165) is 51.9 Å². The summed E-state index contributed by atoms with van der Waals surface area (Å²) >= 11 is 0. The molecular formula is C21H32FN3O2. The summed E-state index contributed by atoms with van der Waals surface area (Å²) in [6, 6.07) is 5.43. The first-order valence-corrected chi connectivity index (χ1v) is 10.00. The minimum Gasteiger partial charge on any atom is -0.460 e. The molecule has 1 aromatic rings. The SMILES string of the molecule is CC(C)(C)OC(=O)[C@H]1CC[C@H](N2CCN(c3ccc(N)cc3F)CC2)CC1. The van der Waals surface area contributed by atoms with E-state index in [1.807, 2.05) is 20.8 Å². The molecule has 0 aromatic heterocycles. The number of piperazine rings is 1. The summed E-state index contributed by atoms with van der Waals surface area (Å²) in [4.78, 5) is 16.9. The highest BCUT2D eigenvalue weighted by Crippen LogP contribution is 2.31. The number of hydrogen-bond donors (Lipinski definition) is 1. The van der Waals surface area contributed by atoms with Gasteiger partial charge in [-0.25, -0.2) is 4.39 Å². The average Bonchev–Trinajstić information content (AvgIpc) is 2.61. The number of esters is 1. The van der Waals surface area contributed by atoms with Crippen LogP contribution < -0.4 is 10.6 Å². The molecule has 0 unspecified atom stereocenters. The van der Waals surface area contributed by atoms with E-state index in [4.69, 9.17) is 10.5 Å². The molecule has 150 valence electrons. The van der Waals surface area contributed by atoms with Crippen LogP contribution in [-0.4, -0.2) is 48.7 Å². The summed E-state index contributed by atoms with van der Waals surface area (Å²) in [6.45, 7) is 9.22. The van der Waals surface area contributed by atoms with Crippen molar-refractivity contribution in [2.24, 2.45) is 5.92 Å². The Morgan fingerprint density at radius 1 is 1.11 bits per heavy atom. The lowest BCUT2D eigenvalue weighted by Gasteiger charge is -2.42. The van der Waals surface area contributed by atoms with Crippen LogP contribution in [-0.2, 0) is 9.53 Å². The molecule has 6 heteroatoms. The van der Waals surface area contributed by atoms with Gasteiger partial charge in [-0.3, -0.25) is 9.69 Å². The van der Waals surface area contributed by atoms with Crippen LogP contribution in [0.25, 0.3) is 0 Å². The van der Waals surface area contributed by atoms with Crippen LogP contribution in [0.3, 0.4) is 0 Å². The number of anilines is 2. The number of nitrogens with zero attached hydrogens (tertiary/aromatic N) is 2. The van der Waals surface area contributed by atoms with Crippen molar-refractivity contribution in [1.82, 2.24) is 4.90 Å². The van der Waals surface area contributed by atoms with Gasteiger partial charge in [0, 0.05) is 37.9 Å². The largest absolute Gasteiger partial charge is 0.460 e. The first-order valence-electron chi connectivity index (χ1n) is 10.00. The third-order valence-electron chi connectivity index (χ3n) is 5.58. The van der Waals surface area contributed by atoms with Gasteiger partial charge in [-0.1, -0.05) is 0 Å². The second-order valence-electron chi connectivity index (χ2n) is 8.77. The zero-order valence-corrected chi connectivity index (χ0v) is 16.7. The van der Waals surface area contributed by atoms with Crippen molar-refractivity contribution in [3.63, 3.8) is 0 Å². The van der Waals surface area contributed by atoms with Crippen LogP contribution >= 0.6 is 0 Å². The van der Waals surface area contributed by atoms with Crippen molar-refractivity contribution in [1.29, 1.82) is 0 Å². The highest BCUT2D eigenvalue weighted by molar-refractivity contribution is 5.73. The molecule has 0 radical (unpaired) electrons. The van der Waals surface area contributed by atoms with E-state index < -0.39 is 5.60 Å². The Labute approximate surface area is 161 Å². The molecule has 1 saturated carbocycles. The minimum absolute atomic E-state index is 0.0330. The van der Waals surface area contributed by atoms with E-state index in [9.17, 15) is 9.18 Å². The molecule has 0 amide bonds. The van der Waals surface area contributed by atoms with Gasteiger partial charge in [0.25, 0.3) is 0 Å². The van der Waals surface area contributed by atoms with Crippen molar-refractivity contribution >= 4 is 17.3 Å². The molecule has 2 aliphatic rings. The van der Waals surface area contributed by atoms with Crippen LogP contribution in [0.5, 0.6) is 0 Å². The molecular weight excluding hydrogens is 345 g/mol. The number of benzene rings is 1. The predicted molar refractivity (Wildman–Crippen MR) is 106 cm³/mol. The van der Waals surface area contributed by atoms with E-state index in [2.05, 4.69) is 9.80 Å². The molecule has 1 aliphatic carbocycles. The van der Waals surface area contributed by atoms with Crippen molar-refractivity contribution in [2.75, 3.05) is 36.8 Å². The van der Waals surface area contributed by atoms with Crippen molar-refractivity contribution in [3.05, 3.63) is 24.0 Å². The monoisotopic (exact) mass is 377 g/mol.